The van der Waals surface area contributed by atoms with Crippen molar-refractivity contribution < 1.29 is 9.15 Å². The smallest absolute Gasteiger partial charge is 0.300 e. The predicted octanol–water partition coefficient (Wildman–Crippen LogP) is 2.04. The maximum atomic E-state index is 6.07. The van der Waals surface area contributed by atoms with Gasteiger partial charge in [0.25, 0.3) is 6.01 Å². The molecule has 1 aliphatic rings. The van der Waals surface area contributed by atoms with E-state index in [4.69, 9.17) is 9.15 Å². The van der Waals surface area contributed by atoms with Gasteiger partial charge in [0.2, 0.25) is 5.65 Å². The highest BCUT2D eigenvalue weighted by molar-refractivity contribution is 5.74. The van der Waals surface area contributed by atoms with Crippen LogP contribution in [0.1, 0.15) is 12.5 Å². The molecule has 1 N–H and O–H groups in total. The molecule has 0 aromatic carbocycles. The van der Waals surface area contributed by atoms with Gasteiger partial charge in [0, 0.05) is 37.6 Å². The van der Waals surface area contributed by atoms with Gasteiger partial charge in [-0.15, -0.1) is 0 Å². The number of nitrogens with zero attached hydrogens (tertiary/aromatic N) is 4. The molecule has 0 bridgehead atoms. The van der Waals surface area contributed by atoms with Crippen LogP contribution in [0.3, 0.4) is 0 Å². The van der Waals surface area contributed by atoms with Crippen LogP contribution < -0.4 is 15.0 Å². The van der Waals surface area contributed by atoms with Crippen molar-refractivity contribution in [3.05, 3.63) is 42.4 Å². The van der Waals surface area contributed by atoms with Crippen LogP contribution in [0.25, 0.3) is 11.2 Å². The zero-order chi connectivity index (χ0) is 17.1. The second-order valence-electron chi connectivity index (χ2n) is 6.02. The number of fused-ring (bicyclic) bond motifs is 1. The first-order chi connectivity index (χ1) is 12.3. The van der Waals surface area contributed by atoms with Crippen molar-refractivity contribution in [2.24, 2.45) is 0 Å². The van der Waals surface area contributed by atoms with Crippen LogP contribution in [0.4, 0.5) is 6.01 Å². The van der Waals surface area contributed by atoms with Gasteiger partial charge in [0.1, 0.15) is 12.4 Å². The van der Waals surface area contributed by atoms with Gasteiger partial charge in [-0.25, -0.2) is 4.98 Å². The number of aromatic nitrogens is 3. The fourth-order valence-electron chi connectivity index (χ4n) is 3.06. The molecule has 0 saturated carbocycles. The van der Waals surface area contributed by atoms with E-state index in [9.17, 15) is 0 Å². The first kappa shape index (κ1) is 15.8. The van der Waals surface area contributed by atoms with E-state index in [1.165, 1.54) is 0 Å². The predicted molar refractivity (Wildman–Crippen MR) is 94.9 cm³/mol. The molecule has 1 fully saturated rings. The molecule has 1 aliphatic heterocycles. The molecule has 7 heteroatoms. The summed E-state index contributed by atoms with van der Waals surface area (Å²) in [4.78, 5) is 15.2. The molecular formula is C18H21N5O2. The molecule has 3 aromatic rings. The average molecular weight is 339 g/mol. The van der Waals surface area contributed by atoms with Gasteiger partial charge in [-0.1, -0.05) is 6.92 Å². The molecule has 1 atom stereocenters. The number of ether oxygens (including phenoxy) is 1. The molecule has 0 spiro atoms. The summed E-state index contributed by atoms with van der Waals surface area (Å²) in [6, 6.07) is 6.50. The maximum absolute atomic E-state index is 6.07. The van der Waals surface area contributed by atoms with Gasteiger partial charge in [-0.05, 0) is 24.6 Å². The third-order valence-corrected chi connectivity index (χ3v) is 4.42. The molecule has 4 heterocycles. The lowest BCUT2D eigenvalue weighted by atomic mass is 10.2. The van der Waals surface area contributed by atoms with E-state index in [2.05, 4.69) is 32.1 Å². The summed E-state index contributed by atoms with van der Waals surface area (Å²) in [5, 5.41) is 3.40. The SMILES string of the molecule is CCc1ccnc2nc(N3CCNCC3COc3cccnc3)oc12. The number of oxazole rings is 1. The number of piperazine rings is 1. The lowest BCUT2D eigenvalue weighted by Crippen LogP contribution is -2.54. The monoisotopic (exact) mass is 339 g/mol. The summed E-state index contributed by atoms with van der Waals surface area (Å²) in [5.41, 5.74) is 2.58. The lowest BCUT2D eigenvalue weighted by molar-refractivity contribution is 0.261. The van der Waals surface area contributed by atoms with E-state index < -0.39 is 0 Å². The molecule has 4 rings (SSSR count). The van der Waals surface area contributed by atoms with Gasteiger partial charge in [-0.3, -0.25) is 4.98 Å². The Morgan fingerprint density at radius 1 is 1.36 bits per heavy atom. The van der Waals surface area contributed by atoms with Crippen LogP contribution in [0.15, 0.2) is 41.2 Å². The number of rotatable bonds is 5. The highest BCUT2D eigenvalue weighted by Crippen LogP contribution is 2.26. The summed E-state index contributed by atoms with van der Waals surface area (Å²) < 4.78 is 12.0. The summed E-state index contributed by atoms with van der Waals surface area (Å²) in [7, 11) is 0. The number of anilines is 1. The van der Waals surface area contributed by atoms with Crippen molar-refractivity contribution in [3.63, 3.8) is 0 Å². The average Bonchev–Trinajstić information content (AvgIpc) is 3.11. The standard InChI is InChI=1S/C18H21N5O2/c1-2-13-5-7-21-17-16(13)25-18(22-17)23-9-8-20-10-14(23)12-24-15-4-3-6-19-11-15/h3-7,11,14,20H,2,8-10,12H2,1H3. The van der Waals surface area contributed by atoms with Crippen LogP contribution in [0, 0.1) is 0 Å². The Morgan fingerprint density at radius 3 is 3.16 bits per heavy atom. The molecule has 3 aromatic heterocycles. The molecule has 0 amide bonds. The Labute approximate surface area is 146 Å². The van der Waals surface area contributed by atoms with E-state index in [1.807, 2.05) is 18.2 Å². The third kappa shape index (κ3) is 3.28. The summed E-state index contributed by atoms with van der Waals surface area (Å²) >= 11 is 0. The van der Waals surface area contributed by atoms with Crippen LogP contribution in [0.5, 0.6) is 5.75 Å². The van der Waals surface area contributed by atoms with Crippen LogP contribution >= 0.6 is 0 Å². The highest BCUT2D eigenvalue weighted by atomic mass is 16.5. The first-order valence-electron chi connectivity index (χ1n) is 8.59. The molecule has 1 saturated heterocycles. The van der Waals surface area contributed by atoms with E-state index in [0.29, 0.717) is 18.3 Å². The fraction of sp³-hybridized carbons (Fsp3) is 0.389. The summed E-state index contributed by atoms with van der Waals surface area (Å²) in [6.07, 6.45) is 6.13. The van der Waals surface area contributed by atoms with E-state index in [0.717, 1.165) is 43.0 Å². The van der Waals surface area contributed by atoms with Gasteiger partial charge < -0.3 is 19.4 Å². The number of hydrogen-bond donors (Lipinski definition) is 1. The molecule has 25 heavy (non-hydrogen) atoms. The number of pyridine rings is 2. The van der Waals surface area contributed by atoms with E-state index in [-0.39, 0.29) is 6.04 Å². The van der Waals surface area contributed by atoms with Gasteiger partial charge in [0.15, 0.2) is 5.58 Å². The molecule has 1 unspecified atom stereocenters. The molecule has 0 aliphatic carbocycles. The van der Waals surface area contributed by atoms with Crippen LogP contribution in [0.2, 0.25) is 0 Å². The minimum absolute atomic E-state index is 0.132. The molecule has 0 radical (unpaired) electrons. The van der Waals surface area contributed by atoms with Gasteiger partial charge >= 0.3 is 0 Å². The molecule has 130 valence electrons. The topological polar surface area (TPSA) is 76.3 Å². The second-order valence-corrected chi connectivity index (χ2v) is 6.02. The molecular weight excluding hydrogens is 318 g/mol. The number of nitrogens with one attached hydrogen (secondary N) is 1. The zero-order valence-electron chi connectivity index (χ0n) is 14.2. The largest absolute Gasteiger partial charge is 0.490 e. The number of hydrogen-bond acceptors (Lipinski definition) is 7. The van der Waals surface area contributed by atoms with Crippen molar-refractivity contribution >= 4 is 17.2 Å². The van der Waals surface area contributed by atoms with Crippen molar-refractivity contribution in [1.82, 2.24) is 20.3 Å². The second kappa shape index (κ2) is 7.06. The Bertz CT molecular complexity index is 836. The Hall–Kier alpha value is -2.67. The summed E-state index contributed by atoms with van der Waals surface area (Å²) in [5.74, 6) is 0.764. The normalized spacial score (nSPS) is 17.8. The Morgan fingerprint density at radius 2 is 2.32 bits per heavy atom. The first-order valence-corrected chi connectivity index (χ1v) is 8.59. The summed E-state index contributed by atoms with van der Waals surface area (Å²) in [6.45, 7) is 5.15. The Balaban J connectivity index is 1.56. The van der Waals surface area contributed by atoms with Crippen molar-refractivity contribution in [2.45, 2.75) is 19.4 Å². The minimum atomic E-state index is 0.132. The maximum Gasteiger partial charge on any atom is 0.300 e. The molecule has 7 nitrogen and oxygen atoms in total. The third-order valence-electron chi connectivity index (χ3n) is 4.42. The van der Waals surface area contributed by atoms with E-state index in [1.54, 1.807) is 18.6 Å². The highest BCUT2D eigenvalue weighted by Gasteiger charge is 2.27. The van der Waals surface area contributed by atoms with Crippen molar-refractivity contribution in [1.29, 1.82) is 0 Å². The van der Waals surface area contributed by atoms with Gasteiger partial charge in [-0.2, -0.15) is 4.98 Å². The number of aryl methyl sites for hydroxylation is 1. The van der Waals surface area contributed by atoms with Crippen molar-refractivity contribution in [2.75, 3.05) is 31.1 Å². The Kier molecular flexibility index (Phi) is 4.47. The zero-order valence-corrected chi connectivity index (χ0v) is 14.2. The fourth-order valence-corrected chi connectivity index (χ4v) is 3.06. The lowest BCUT2D eigenvalue weighted by Gasteiger charge is -2.34. The minimum Gasteiger partial charge on any atom is -0.490 e. The van der Waals surface area contributed by atoms with Crippen LogP contribution in [-0.4, -0.2) is 47.2 Å². The van der Waals surface area contributed by atoms with E-state index >= 15 is 0 Å². The van der Waals surface area contributed by atoms with Crippen molar-refractivity contribution in [3.8, 4) is 5.75 Å². The van der Waals surface area contributed by atoms with Gasteiger partial charge in [0.05, 0.1) is 12.2 Å². The van der Waals surface area contributed by atoms with Crippen LogP contribution in [-0.2, 0) is 6.42 Å². The quantitative estimate of drug-likeness (QED) is 0.762.